The Morgan fingerprint density at radius 1 is 1.24 bits per heavy atom. The number of pyridine rings is 1. The van der Waals surface area contributed by atoms with Crippen LogP contribution in [0.5, 0.6) is 5.75 Å². The van der Waals surface area contributed by atoms with Gasteiger partial charge in [0.05, 0.1) is 13.2 Å². The fourth-order valence-corrected chi connectivity index (χ4v) is 4.86. The third kappa shape index (κ3) is 3.64. The molecule has 1 fully saturated rings. The number of para-hydroxylation sites is 1. The molecular weight excluding hydrogens is 441 g/mol. The zero-order valence-electron chi connectivity index (χ0n) is 18.3. The quantitative estimate of drug-likeness (QED) is 0.577. The zero-order valence-corrected chi connectivity index (χ0v) is 18.3. The van der Waals surface area contributed by atoms with Gasteiger partial charge in [0.15, 0.2) is 11.5 Å². The number of ether oxygens (including phenoxy) is 1. The lowest BCUT2D eigenvalue weighted by Crippen LogP contribution is -2.43. The Balaban J connectivity index is 0.000000868. The van der Waals surface area contributed by atoms with Crippen molar-refractivity contribution in [3.05, 3.63) is 89.5 Å². The van der Waals surface area contributed by atoms with E-state index in [1.807, 2.05) is 42.5 Å². The fourth-order valence-electron chi connectivity index (χ4n) is 4.86. The highest BCUT2D eigenvalue weighted by atomic mass is 19.1. The monoisotopic (exact) mass is 463 g/mol. The number of carbonyl (C=O) groups is 3. The predicted molar refractivity (Wildman–Crippen MR) is 121 cm³/mol. The summed E-state index contributed by atoms with van der Waals surface area (Å²) in [5, 5.41) is 9.86. The van der Waals surface area contributed by atoms with Gasteiger partial charge in [0.2, 0.25) is 5.91 Å². The lowest BCUT2D eigenvalue weighted by atomic mass is 9.72. The average molecular weight is 463 g/mol. The maximum atomic E-state index is 14.4. The van der Waals surface area contributed by atoms with Gasteiger partial charge < -0.3 is 20.1 Å². The van der Waals surface area contributed by atoms with Crippen molar-refractivity contribution in [2.45, 2.75) is 17.9 Å². The number of hydrogen-bond acceptors (Lipinski definition) is 5. The molecule has 1 aromatic heterocycles. The number of rotatable bonds is 3. The Labute approximate surface area is 195 Å². The summed E-state index contributed by atoms with van der Waals surface area (Å²) in [5.41, 5.74) is 1.08. The highest BCUT2D eigenvalue weighted by molar-refractivity contribution is 6.08. The van der Waals surface area contributed by atoms with Gasteiger partial charge in [0.1, 0.15) is 11.2 Å². The summed E-state index contributed by atoms with van der Waals surface area (Å²) in [7, 11) is 1.56. The second kappa shape index (κ2) is 9.30. The number of methoxy groups -OCH3 is 1. The van der Waals surface area contributed by atoms with Crippen molar-refractivity contribution < 1.29 is 28.6 Å². The molecular formula is C25H22FN3O5. The van der Waals surface area contributed by atoms with Crippen LogP contribution in [0, 0.1) is 5.82 Å². The van der Waals surface area contributed by atoms with Crippen LogP contribution < -0.4 is 10.1 Å². The Bertz CT molecular complexity index is 1250. The Hall–Kier alpha value is -4.27. The second-order valence-corrected chi connectivity index (χ2v) is 7.84. The predicted octanol–water partition coefficient (Wildman–Crippen LogP) is 3.41. The van der Waals surface area contributed by atoms with Crippen LogP contribution in [0.15, 0.2) is 66.9 Å². The highest BCUT2D eigenvalue weighted by Gasteiger charge is 2.59. The van der Waals surface area contributed by atoms with Crippen molar-refractivity contribution in [2.24, 2.45) is 0 Å². The summed E-state index contributed by atoms with van der Waals surface area (Å²) in [6.45, 7) is 0.0402. The largest absolute Gasteiger partial charge is 0.497 e. The maximum Gasteiger partial charge on any atom is 0.290 e. The molecule has 0 bridgehead atoms. The third-order valence-corrected chi connectivity index (χ3v) is 6.22. The topological polar surface area (TPSA) is 109 Å². The summed E-state index contributed by atoms with van der Waals surface area (Å²) >= 11 is 0. The molecule has 0 radical (unpaired) electrons. The van der Waals surface area contributed by atoms with Gasteiger partial charge in [0, 0.05) is 18.4 Å². The Morgan fingerprint density at radius 2 is 2.00 bits per heavy atom. The van der Waals surface area contributed by atoms with Crippen LogP contribution in [-0.2, 0) is 15.0 Å². The summed E-state index contributed by atoms with van der Waals surface area (Å²) in [6, 6.07) is 16.8. The maximum absolute atomic E-state index is 14.4. The molecule has 2 atom stereocenters. The van der Waals surface area contributed by atoms with Crippen molar-refractivity contribution in [3.63, 3.8) is 0 Å². The minimum Gasteiger partial charge on any atom is -0.497 e. The second-order valence-electron chi connectivity index (χ2n) is 7.84. The van der Waals surface area contributed by atoms with Gasteiger partial charge in [0.25, 0.3) is 12.4 Å². The molecule has 2 N–H and O–H groups in total. The summed E-state index contributed by atoms with van der Waals surface area (Å²) < 4.78 is 19.8. The standard InChI is InChI=1S/C24H20FN3O3.CH2O2/c1-31-16-7-4-6-15(14-16)21-24(17-8-2-3-10-19(17)27-23(24)30)11-13-28(21)22(29)20-18(25)9-5-12-26-20;2-1-3/h2-10,12,14,21H,11,13H2,1H3,(H,27,30);1H,(H,2,3)/t21-,24+;/m0./s1. The SMILES string of the molecule is COc1cccc([C@@H]2N(C(=O)c3ncccc3F)CC[C@]23C(=O)Nc2ccccc23)c1.O=CO. The van der Waals surface area contributed by atoms with Crippen LogP contribution in [0.4, 0.5) is 10.1 Å². The molecule has 0 unspecified atom stereocenters. The van der Waals surface area contributed by atoms with E-state index in [2.05, 4.69) is 10.3 Å². The lowest BCUT2D eigenvalue weighted by Gasteiger charge is -2.34. The molecule has 9 heteroatoms. The van der Waals surface area contributed by atoms with Gasteiger partial charge in [-0.3, -0.25) is 14.4 Å². The van der Waals surface area contributed by atoms with Crippen molar-refractivity contribution in [3.8, 4) is 5.75 Å². The van der Waals surface area contributed by atoms with Crippen molar-refractivity contribution in [1.82, 2.24) is 9.88 Å². The van der Waals surface area contributed by atoms with Gasteiger partial charge in [-0.15, -0.1) is 0 Å². The van der Waals surface area contributed by atoms with E-state index in [9.17, 15) is 14.0 Å². The van der Waals surface area contributed by atoms with E-state index >= 15 is 0 Å². The van der Waals surface area contributed by atoms with Crippen LogP contribution in [0.2, 0.25) is 0 Å². The summed E-state index contributed by atoms with van der Waals surface area (Å²) in [4.78, 5) is 40.7. The summed E-state index contributed by atoms with van der Waals surface area (Å²) in [6.07, 6.45) is 1.80. The number of fused-ring (bicyclic) bond motifs is 2. The highest BCUT2D eigenvalue weighted by Crippen LogP contribution is 2.55. The molecule has 0 aliphatic carbocycles. The lowest BCUT2D eigenvalue weighted by molar-refractivity contribution is -0.123. The zero-order chi connectivity index (χ0) is 24.3. The molecule has 2 aromatic carbocycles. The number of halogens is 1. The Kier molecular flexibility index (Phi) is 6.27. The molecule has 1 spiro atoms. The van der Waals surface area contributed by atoms with Gasteiger partial charge in [-0.1, -0.05) is 30.3 Å². The number of anilines is 1. The molecule has 3 aromatic rings. The van der Waals surface area contributed by atoms with Crippen LogP contribution in [-0.4, -0.2) is 46.9 Å². The van der Waals surface area contributed by atoms with E-state index in [0.29, 0.717) is 18.7 Å². The fraction of sp³-hybridized carbons (Fsp3) is 0.200. The number of nitrogens with one attached hydrogen (secondary N) is 1. The number of nitrogens with zero attached hydrogens (tertiary/aromatic N) is 2. The molecule has 2 aliphatic heterocycles. The van der Waals surface area contributed by atoms with Gasteiger partial charge >= 0.3 is 0 Å². The van der Waals surface area contributed by atoms with E-state index in [4.69, 9.17) is 14.6 Å². The van der Waals surface area contributed by atoms with Gasteiger partial charge in [-0.05, 0) is 47.9 Å². The summed E-state index contributed by atoms with van der Waals surface area (Å²) in [5.74, 6) is -0.782. The van der Waals surface area contributed by atoms with Crippen LogP contribution >= 0.6 is 0 Å². The molecule has 34 heavy (non-hydrogen) atoms. The first-order chi connectivity index (χ1) is 16.5. The number of amides is 2. The molecule has 1 saturated heterocycles. The van der Waals surface area contributed by atoms with E-state index in [0.717, 1.165) is 16.8 Å². The molecule has 174 valence electrons. The molecule has 8 nitrogen and oxygen atoms in total. The van der Waals surface area contributed by atoms with Crippen molar-refractivity contribution in [2.75, 3.05) is 19.0 Å². The van der Waals surface area contributed by atoms with E-state index in [-0.39, 0.29) is 18.1 Å². The number of carboxylic acid groups (broad SMARTS) is 1. The number of likely N-dealkylation sites (tertiary alicyclic amines) is 1. The van der Waals surface area contributed by atoms with Crippen LogP contribution in [0.25, 0.3) is 0 Å². The van der Waals surface area contributed by atoms with E-state index in [1.165, 1.54) is 18.3 Å². The van der Waals surface area contributed by atoms with Crippen LogP contribution in [0.1, 0.15) is 34.1 Å². The van der Waals surface area contributed by atoms with Crippen LogP contribution in [0.3, 0.4) is 0 Å². The average Bonchev–Trinajstić information content (AvgIpc) is 3.39. The van der Waals surface area contributed by atoms with Crippen molar-refractivity contribution in [1.29, 1.82) is 0 Å². The number of carbonyl (C=O) groups excluding carboxylic acids is 2. The first-order valence-electron chi connectivity index (χ1n) is 10.5. The first-order valence-corrected chi connectivity index (χ1v) is 10.5. The third-order valence-electron chi connectivity index (χ3n) is 6.22. The molecule has 2 aliphatic rings. The smallest absolute Gasteiger partial charge is 0.290 e. The first kappa shape index (κ1) is 22.9. The number of aromatic nitrogens is 1. The Morgan fingerprint density at radius 3 is 2.74 bits per heavy atom. The van der Waals surface area contributed by atoms with Gasteiger partial charge in [-0.2, -0.15) is 0 Å². The molecule has 3 heterocycles. The van der Waals surface area contributed by atoms with E-state index in [1.54, 1.807) is 18.1 Å². The number of hydrogen-bond donors (Lipinski definition) is 2. The molecule has 5 rings (SSSR count). The van der Waals surface area contributed by atoms with E-state index < -0.39 is 23.2 Å². The molecule has 0 saturated carbocycles. The van der Waals surface area contributed by atoms with Crippen molar-refractivity contribution >= 4 is 24.0 Å². The minimum atomic E-state index is -0.982. The normalized spacial score (nSPS) is 20.2. The number of benzene rings is 2. The van der Waals surface area contributed by atoms with Gasteiger partial charge in [-0.25, -0.2) is 9.37 Å². The molecule has 2 amide bonds. The minimum absolute atomic E-state index is 0.168.